The van der Waals surface area contributed by atoms with Crippen molar-refractivity contribution in [2.24, 2.45) is 0 Å². The van der Waals surface area contributed by atoms with Crippen LogP contribution in [0, 0.1) is 11.8 Å². The number of hydrogen-bond donors (Lipinski definition) is 1. The highest BCUT2D eigenvalue weighted by Crippen LogP contribution is 2.30. The Morgan fingerprint density at radius 3 is 2.63 bits per heavy atom. The van der Waals surface area contributed by atoms with Gasteiger partial charge < -0.3 is 9.84 Å². The van der Waals surface area contributed by atoms with Gasteiger partial charge in [-0.05, 0) is 30.7 Å². The molecule has 0 aliphatic heterocycles. The summed E-state index contributed by atoms with van der Waals surface area (Å²) in [5, 5.41) is 9.03. The largest absolute Gasteiger partial charge is 0.456 e. The average Bonchev–Trinajstić information content (AvgIpc) is 2.35. The van der Waals surface area contributed by atoms with Crippen molar-refractivity contribution in [2.75, 3.05) is 6.61 Å². The summed E-state index contributed by atoms with van der Waals surface area (Å²) in [5.74, 6) is 3.73. The quantitative estimate of drug-likeness (QED) is 0.662. The molecule has 0 bridgehead atoms. The zero-order chi connectivity index (χ0) is 14.5. The molecular formula is C13H11F3O3. The molecule has 0 atom stereocenters. The minimum atomic E-state index is -4.49. The lowest BCUT2D eigenvalue weighted by Gasteiger charge is -2.09. The van der Waals surface area contributed by atoms with Gasteiger partial charge in [0.05, 0.1) is 18.8 Å². The van der Waals surface area contributed by atoms with Crippen LogP contribution in [0.1, 0.15) is 23.6 Å². The third-order valence-electron chi connectivity index (χ3n) is 2.18. The van der Waals surface area contributed by atoms with Crippen molar-refractivity contribution >= 4 is 5.97 Å². The molecule has 0 aromatic heterocycles. The van der Waals surface area contributed by atoms with Gasteiger partial charge in [-0.3, -0.25) is 0 Å². The second-order valence-electron chi connectivity index (χ2n) is 3.50. The second kappa shape index (κ2) is 6.25. The minimum absolute atomic E-state index is 0.00613. The molecule has 0 fully saturated rings. The summed E-state index contributed by atoms with van der Waals surface area (Å²) in [5.41, 5.74) is -0.714. The van der Waals surface area contributed by atoms with E-state index in [4.69, 9.17) is 5.11 Å². The monoisotopic (exact) mass is 272 g/mol. The molecule has 1 aromatic carbocycles. The van der Waals surface area contributed by atoms with Gasteiger partial charge in [0.15, 0.2) is 0 Å². The first-order chi connectivity index (χ1) is 8.88. The van der Waals surface area contributed by atoms with E-state index in [0.29, 0.717) is 0 Å². The molecule has 0 heterocycles. The Hall–Kier alpha value is -2.00. The van der Waals surface area contributed by atoms with E-state index in [1.165, 1.54) is 0 Å². The molecule has 1 rings (SSSR count). The van der Waals surface area contributed by atoms with Crippen molar-refractivity contribution in [1.29, 1.82) is 0 Å². The second-order valence-corrected chi connectivity index (χ2v) is 3.50. The Morgan fingerprint density at radius 2 is 2.11 bits per heavy atom. The molecule has 3 nitrogen and oxygen atoms in total. The molecule has 0 radical (unpaired) electrons. The predicted octanol–water partition coefficient (Wildman–Crippen LogP) is 2.11. The average molecular weight is 272 g/mol. The summed E-state index contributed by atoms with van der Waals surface area (Å²) in [6.07, 6.45) is -4.49. The first kappa shape index (κ1) is 15.1. The first-order valence-corrected chi connectivity index (χ1v) is 5.38. The van der Waals surface area contributed by atoms with E-state index in [9.17, 15) is 18.0 Å². The van der Waals surface area contributed by atoms with Crippen LogP contribution in [0.25, 0.3) is 0 Å². The van der Waals surface area contributed by atoms with E-state index < -0.39 is 24.3 Å². The number of halogens is 3. The number of aliphatic hydroxyl groups excluding tert-OH is 1. The van der Waals surface area contributed by atoms with E-state index >= 15 is 0 Å². The van der Waals surface area contributed by atoms with Crippen molar-refractivity contribution in [1.82, 2.24) is 0 Å². The molecule has 0 aliphatic rings. The molecule has 0 unspecified atom stereocenters. The number of esters is 1. The summed E-state index contributed by atoms with van der Waals surface area (Å²) in [7, 11) is 0. The highest BCUT2D eigenvalue weighted by molar-refractivity contribution is 5.89. The molecule has 1 N–H and O–H groups in total. The highest BCUT2D eigenvalue weighted by Gasteiger charge is 2.30. The summed E-state index contributed by atoms with van der Waals surface area (Å²) in [6.45, 7) is 1.17. The van der Waals surface area contributed by atoms with Crippen molar-refractivity contribution < 1.29 is 27.8 Å². The van der Waals surface area contributed by atoms with Gasteiger partial charge in [-0.25, -0.2) is 4.79 Å². The van der Waals surface area contributed by atoms with Gasteiger partial charge in [0.25, 0.3) is 0 Å². The van der Waals surface area contributed by atoms with Crippen LogP contribution >= 0.6 is 0 Å². The van der Waals surface area contributed by atoms with E-state index in [1.54, 1.807) is 6.92 Å². The lowest BCUT2D eigenvalue weighted by atomic mass is 10.0. The third-order valence-corrected chi connectivity index (χ3v) is 2.18. The number of aliphatic hydroxyl groups is 1. The molecule has 6 heteroatoms. The minimum Gasteiger partial charge on any atom is -0.456 e. The van der Waals surface area contributed by atoms with Gasteiger partial charge in [-0.2, -0.15) is 13.2 Å². The van der Waals surface area contributed by atoms with Crippen molar-refractivity contribution in [3.05, 3.63) is 34.9 Å². The molecule has 0 saturated heterocycles. The van der Waals surface area contributed by atoms with E-state index in [2.05, 4.69) is 16.6 Å². The number of carbonyl (C=O) groups is 1. The van der Waals surface area contributed by atoms with Crippen LogP contribution < -0.4 is 0 Å². The molecule has 1 aromatic rings. The van der Waals surface area contributed by atoms with Crippen LogP contribution in [-0.2, 0) is 22.3 Å². The van der Waals surface area contributed by atoms with E-state index in [0.717, 1.165) is 18.2 Å². The zero-order valence-electron chi connectivity index (χ0n) is 10.0. The predicted molar refractivity (Wildman–Crippen MR) is 60.9 cm³/mol. The molecule has 0 saturated carbocycles. The summed E-state index contributed by atoms with van der Waals surface area (Å²) >= 11 is 0. The highest BCUT2D eigenvalue weighted by atomic mass is 19.4. The van der Waals surface area contributed by atoms with Crippen molar-refractivity contribution in [2.45, 2.75) is 19.7 Å². The Kier molecular flexibility index (Phi) is 4.95. The number of rotatable bonds is 2. The first-order valence-electron chi connectivity index (χ1n) is 5.38. The lowest BCUT2D eigenvalue weighted by Crippen LogP contribution is -2.06. The van der Waals surface area contributed by atoms with E-state index in [-0.39, 0.29) is 17.7 Å². The number of carbonyl (C=O) groups excluding carboxylic acids is 1. The fourth-order valence-corrected chi connectivity index (χ4v) is 1.31. The number of ether oxygens (including phenoxy) is 1. The normalized spacial score (nSPS) is 10.6. The fourth-order valence-electron chi connectivity index (χ4n) is 1.31. The molecule has 19 heavy (non-hydrogen) atoms. The fraction of sp³-hybridized carbons (Fsp3) is 0.308. The molecule has 0 amide bonds. The van der Waals surface area contributed by atoms with Crippen LogP contribution in [0.5, 0.6) is 0 Å². The number of benzene rings is 1. The maximum atomic E-state index is 12.5. The Labute approximate surface area is 108 Å². The van der Waals surface area contributed by atoms with Crippen LogP contribution in [0.2, 0.25) is 0 Å². The van der Waals surface area contributed by atoms with Crippen LogP contribution in [0.3, 0.4) is 0 Å². The standard InChI is InChI=1S/C13H11F3O3/c1-2-19-12(18)6-4-9-3-5-11(13(14,15)16)7-10(9)8-17/h3,5,7,17H,2,8H2,1H3. The lowest BCUT2D eigenvalue weighted by molar-refractivity contribution is -0.138. The van der Waals surface area contributed by atoms with Gasteiger partial charge in [0.1, 0.15) is 0 Å². The Balaban J connectivity index is 3.07. The number of alkyl halides is 3. The summed E-state index contributed by atoms with van der Waals surface area (Å²) in [4.78, 5) is 11.0. The SMILES string of the molecule is CCOC(=O)C#Cc1ccc(C(F)(F)F)cc1CO. The van der Waals surface area contributed by atoms with Gasteiger partial charge in [0.2, 0.25) is 0 Å². The smallest absolute Gasteiger partial charge is 0.416 e. The molecular weight excluding hydrogens is 261 g/mol. The Morgan fingerprint density at radius 1 is 1.42 bits per heavy atom. The van der Waals surface area contributed by atoms with Gasteiger partial charge >= 0.3 is 12.1 Å². The van der Waals surface area contributed by atoms with Crippen LogP contribution in [0.4, 0.5) is 13.2 Å². The van der Waals surface area contributed by atoms with Gasteiger partial charge in [-0.1, -0.05) is 5.92 Å². The van der Waals surface area contributed by atoms with Crippen LogP contribution in [0.15, 0.2) is 18.2 Å². The Bertz CT molecular complexity index is 524. The topological polar surface area (TPSA) is 46.5 Å². The molecule has 0 spiro atoms. The molecule has 0 aliphatic carbocycles. The maximum Gasteiger partial charge on any atom is 0.416 e. The summed E-state index contributed by atoms with van der Waals surface area (Å²) in [6, 6.07) is 2.75. The van der Waals surface area contributed by atoms with Crippen LogP contribution in [-0.4, -0.2) is 17.7 Å². The zero-order valence-corrected chi connectivity index (χ0v) is 10.0. The molecule has 102 valence electrons. The third kappa shape index (κ3) is 4.30. The van der Waals surface area contributed by atoms with Gasteiger partial charge in [0, 0.05) is 11.5 Å². The number of hydrogen-bond acceptors (Lipinski definition) is 3. The van der Waals surface area contributed by atoms with Crippen molar-refractivity contribution in [3.63, 3.8) is 0 Å². The maximum absolute atomic E-state index is 12.5. The van der Waals surface area contributed by atoms with Crippen molar-refractivity contribution in [3.8, 4) is 11.8 Å². The summed E-state index contributed by atoms with van der Waals surface area (Å²) < 4.78 is 41.9. The van der Waals surface area contributed by atoms with Gasteiger partial charge in [-0.15, -0.1) is 0 Å². The van der Waals surface area contributed by atoms with E-state index in [1.807, 2.05) is 0 Å².